The fraction of sp³-hybridized carbons (Fsp3) is 0.571. The second-order valence-electron chi connectivity index (χ2n) is 4.79. The van der Waals surface area contributed by atoms with Gasteiger partial charge in [0.15, 0.2) is 0 Å². The van der Waals surface area contributed by atoms with E-state index in [0.29, 0.717) is 12.1 Å². The maximum Gasteiger partial charge on any atom is 0.255 e. The molecule has 0 aliphatic heterocycles. The maximum atomic E-state index is 12.0. The minimum absolute atomic E-state index is 0. The normalized spacial score (nSPS) is 12.9. The van der Waals surface area contributed by atoms with Gasteiger partial charge in [-0.2, -0.15) is 0 Å². The highest BCUT2D eigenvalue weighted by molar-refractivity contribution is 5.97. The van der Waals surface area contributed by atoms with Crippen LogP contribution in [0.2, 0.25) is 0 Å². The number of nitrogens with two attached hydrogens (primary N) is 1. The molecule has 4 N–H and O–H groups in total. The molecule has 0 saturated heterocycles. The summed E-state index contributed by atoms with van der Waals surface area (Å²) in [6.45, 7) is 4.12. The summed E-state index contributed by atoms with van der Waals surface area (Å²) in [5.41, 5.74) is 6.02. The van der Waals surface area contributed by atoms with Crippen LogP contribution in [0.15, 0.2) is 23.0 Å². The van der Waals surface area contributed by atoms with E-state index in [1.54, 1.807) is 13.0 Å². The average Bonchev–Trinajstić information content (AvgIpc) is 2.97. The van der Waals surface area contributed by atoms with Crippen molar-refractivity contribution in [2.75, 3.05) is 6.54 Å². The second-order valence-corrected chi connectivity index (χ2v) is 4.79. The number of unbranched alkanes of at least 4 members (excludes halogenated alkanes) is 1. The van der Waals surface area contributed by atoms with Crippen molar-refractivity contribution in [1.82, 2.24) is 10.6 Å². The van der Waals surface area contributed by atoms with E-state index >= 15 is 0 Å². The van der Waals surface area contributed by atoms with Crippen LogP contribution in [0.25, 0.3) is 0 Å². The van der Waals surface area contributed by atoms with Gasteiger partial charge in [-0.3, -0.25) is 9.59 Å². The van der Waals surface area contributed by atoms with Gasteiger partial charge in [0.2, 0.25) is 5.91 Å². The molecule has 0 saturated carbocycles. The Balaban J connectivity index is 0.00000400. The van der Waals surface area contributed by atoms with Crippen LogP contribution in [-0.4, -0.2) is 30.4 Å². The molecule has 1 aromatic rings. The summed E-state index contributed by atoms with van der Waals surface area (Å²) >= 11 is 0. The van der Waals surface area contributed by atoms with Gasteiger partial charge in [-0.1, -0.05) is 19.8 Å². The molecule has 21 heavy (non-hydrogen) atoms. The summed E-state index contributed by atoms with van der Waals surface area (Å²) in [4.78, 5) is 23.7. The number of amides is 2. The molecule has 0 bridgehead atoms. The molecule has 0 aliphatic carbocycles. The molecule has 120 valence electrons. The lowest BCUT2D eigenvalue weighted by molar-refractivity contribution is -0.123. The van der Waals surface area contributed by atoms with Crippen molar-refractivity contribution in [3.63, 3.8) is 0 Å². The Kier molecular flexibility index (Phi) is 9.49. The van der Waals surface area contributed by atoms with E-state index < -0.39 is 6.04 Å². The van der Waals surface area contributed by atoms with E-state index in [2.05, 4.69) is 17.6 Å². The highest BCUT2D eigenvalue weighted by atomic mass is 35.5. The molecule has 0 spiro atoms. The highest BCUT2D eigenvalue weighted by Gasteiger charge is 2.19. The lowest BCUT2D eigenvalue weighted by atomic mass is 10.1. The van der Waals surface area contributed by atoms with Crippen molar-refractivity contribution in [3.8, 4) is 0 Å². The van der Waals surface area contributed by atoms with Crippen molar-refractivity contribution in [3.05, 3.63) is 24.2 Å². The van der Waals surface area contributed by atoms with Crippen LogP contribution < -0.4 is 16.4 Å². The minimum Gasteiger partial charge on any atom is -0.472 e. The lowest BCUT2D eigenvalue weighted by Crippen LogP contribution is -2.49. The standard InChI is InChI=1S/C14H23N3O3.ClH/c1-3-4-5-12(8-15)17-13(18)10(2)16-14(19)11-6-7-20-9-11;/h6-7,9-10,12H,3-5,8,15H2,1-2H3,(H,16,19)(H,17,18);1H. The van der Waals surface area contributed by atoms with Crippen molar-refractivity contribution in [2.24, 2.45) is 5.73 Å². The first-order valence-electron chi connectivity index (χ1n) is 6.92. The lowest BCUT2D eigenvalue weighted by Gasteiger charge is -2.20. The number of hydrogen-bond donors (Lipinski definition) is 3. The number of furan rings is 1. The molecular weight excluding hydrogens is 294 g/mol. The predicted molar refractivity (Wildman–Crippen MR) is 83.4 cm³/mol. The van der Waals surface area contributed by atoms with Gasteiger partial charge >= 0.3 is 0 Å². The summed E-state index contributed by atoms with van der Waals surface area (Å²) in [7, 11) is 0. The van der Waals surface area contributed by atoms with Gasteiger partial charge in [0, 0.05) is 12.6 Å². The molecule has 0 radical (unpaired) electrons. The van der Waals surface area contributed by atoms with Gasteiger partial charge in [-0.05, 0) is 19.4 Å². The van der Waals surface area contributed by atoms with Gasteiger partial charge in [-0.15, -0.1) is 12.4 Å². The monoisotopic (exact) mass is 317 g/mol. The number of halogens is 1. The van der Waals surface area contributed by atoms with Crippen molar-refractivity contribution in [1.29, 1.82) is 0 Å². The van der Waals surface area contributed by atoms with E-state index in [9.17, 15) is 9.59 Å². The van der Waals surface area contributed by atoms with Gasteiger partial charge < -0.3 is 20.8 Å². The molecule has 2 atom stereocenters. The summed E-state index contributed by atoms with van der Waals surface area (Å²) < 4.78 is 4.83. The SMILES string of the molecule is CCCCC(CN)NC(=O)C(C)NC(=O)c1ccoc1.Cl. The highest BCUT2D eigenvalue weighted by Crippen LogP contribution is 2.02. The van der Waals surface area contributed by atoms with Crippen LogP contribution >= 0.6 is 12.4 Å². The van der Waals surface area contributed by atoms with Gasteiger partial charge in [-0.25, -0.2) is 0 Å². The molecule has 6 nitrogen and oxygen atoms in total. The first-order valence-corrected chi connectivity index (χ1v) is 6.92. The topological polar surface area (TPSA) is 97.4 Å². The number of nitrogens with one attached hydrogen (secondary N) is 2. The fourth-order valence-corrected chi connectivity index (χ4v) is 1.76. The molecule has 1 aromatic heterocycles. The molecule has 0 aliphatic rings. The fourth-order valence-electron chi connectivity index (χ4n) is 1.76. The van der Waals surface area contributed by atoms with Crippen molar-refractivity contribution >= 4 is 24.2 Å². The van der Waals surface area contributed by atoms with E-state index in [1.165, 1.54) is 12.5 Å². The van der Waals surface area contributed by atoms with Crippen LogP contribution in [0.3, 0.4) is 0 Å². The molecule has 1 rings (SSSR count). The molecule has 2 unspecified atom stereocenters. The third-order valence-corrected chi connectivity index (χ3v) is 3.06. The first-order chi connectivity index (χ1) is 9.58. The Hall–Kier alpha value is -1.53. The van der Waals surface area contributed by atoms with E-state index in [-0.39, 0.29) is 30.3 Å². The summed E-state index contributed by atoms with van der Waals surface area (Å²) in [6, 6.07) is 0.882. The Labute approximate surface area is 131 Å². The summed E-state index contributed by atoms with van der Waals surface area (Å²) in [5.74, 6) is -0.562. The average molecular weight is 318 g/mol. The zero-order valence-corrected chi connectivity index (χ0v) is 13.2. The first kappa shape index (κ1) is 19.5. The molecule has 7 heteroatoms. The van der Waals surface area contributed by atoms with Crippen LogP contribution in [-0.2, 0) is 4.79 Å². The number of carbonyl (C=O) groups excluding carboxylic acids is 2. The van der Waals surface area contributed by atoms with Gasteiger partial charge in [0.25, 0.3) is 5.91 Å². The van der Waals surface area contributed by atoms with E-state index in [4.69, 9.17) is 10.2 Å². The zero-order valence-electron chi connectivity index (χ0n) is 12.4. The Morgan fingerprint density at radius 2 is 2.10 bits per heavy atom. The summed E-state index contributed by atoms with van der Waals surface area (Å²) in [5, 5.41) is 5.47. The van der Waals surface area contributed by atoms with Crippen molar-refractivity contribution in [2.45, 2.75) is 45.2 Å². The van der Waals surface area contributed by atoms with Crippen molar-refractivity contribution < 1.29 is 14.0 Å². The number of hydrogen-bond acceptors (Lipinski definition) is 4. The van der Waals surface area contributed by atoms with E-state index in [0.717, 1.165) is 19.3 Å². The predicted octanol–water partition coefficient (Wildman–Crippen LogP) is 1.45. The van der Waals surface area contributed by atoms with Gasteiger partial charge in [0.05, 0.1) is 11.8 Å². The maximum absolute atomic E-state index is 12.0. The second kappa shape index (κ2) is 10.2. The Bertz CT molecular complexity index is 423. The van der Waals surface area contributed by atoms with Gasteiger partial charge in [0.1, 0.15) is 12.3 Å². The van der Waals surface area contributed by atoms with Crippen LogP contribution in [0.5, 0.6) is 0 Å². The minimum atomic E-state index is -0.618. The molecular formula is C14H24ClN3O3. The molecule has 0 aromatic carbocycles. The molecule has 1 heterocycles. The van der Waals surface area contributed by atoms with Crippen LogP contribution in [0.4, 0.5) is 0 Å². The number of rotatable bonds is 8. The third-order valence-electron chi connectivity index (χ3n) is 3.06. The smallest absolute Gasteiger partial charge is 0.255 e. The largest absolute Gasteiger partial charge is 0.472 e. The van der Waals surface area contributed by atoms with Crippen LogP contribution in [0.1, 0.15) is 43.5 Å². The van der Waals surface area contributed by atoms with E-state index in [1.807, 2.05) is 0 Å². The third kappa shape index (κ3) is 6.64. The molecule has 0 fully saturated rings. The number of carbonyl (C=O) groups is 2. The quantitative estimate of drug-likeness (QED) is 0.676. The Morgan fingerprint density at radius 3 is 2.62 bits per heavy atom. The molecule has 2 amide bonds. The van der Waals surface area contributed by atoms with Crippen LogP contribution in [0, 0.1) is 0 Å². The summed E-state index contributed by atoms with van der Waals surface area (Å²) in [6.07, 6.45) is 5.66. The Morgan fingerprint density at radius 1 is 1.38 bits per heavy atom. The zero-order chi connectivity index (χ0) is 15.0.